The molecule has 7 nitrogen and oxygen atoms in total. The number of nitrogens with one attached hydrogen (secondary N) is 2. The minimum Gasteiger partial charge on any atom is -0.447 e. The highest BCUT2D eigenvalue weighted by molar-refractivity contribution is 5.86. The molecule has 0 spiro atoms. The van der Waals surface area contributed by atoms with Crippen molar-refractivity contribution in [1.82, 2.24) is 9.97 Å². The third kappa shape index (κ3) is 4.22. The molecule has 20 heavy (non-hydrogen) atoms. The van der Waals surface area contributed by atoms with Crippen LogP contribution >= 0.6 is 0 Å². The summed E-state index contributed by atoms with van der Waals surface area (Å²) >= 11 is 0. The van der Waals surface area contributed by atoms with Crippen LogP contribution in [0.15, 0.2) is 24.3 Å². The van der Waals surface area contributed by atoms with Crippen LogP contribution in [0.5, 0.6) is 0 Å². The maximum Gasteiger partial charge on any atom is 0.414 e. The monoisotopic (exact) mass is 279 g/mol. The number of carbonyl (C=O) groups excluding carboxylic acids is 1. The highest BCUT2D eigenvalue weighted by Gasteiger charge is 2.07. The Bertz CT molecular complexity index is 522. The van der Waals surface area contributed by atoms with Gasteiger partial charge in [-0.05, 0) is 12.1 Å². The van der Waals surface area contributed by atoms with Crippen LogP contribution in [0, 0.1) is 0 Å². The van der Waals surface area contributed by atoms with Crippen molar-refractivity contribution in [3.05, 3.63) is 24.3 Å². The number of para-hydroxylation sites is 2. The molecule has 7 heteroatoms. The Morgan fingerprint density at radius 3 is 2.85 bits per heavy atom. The van der Waals surface area contributed by atoms with E-state index < -0.39 is 6.09 Å². The third-order valence-corrected chi connectivity index (χ3v) is 2.50. The number of carbonyl (C=O) groups is 1. The van der Waals surface area contributed by atoms with Gasteiger partial charge in [0.1, 0.15) is 6.61 Å². The molecule has 0 saturated carbocycles. The molecule has 0 unspecified atom stereocenters. The molecular formula is C13H17N3O4. The van der Waals surface area contributed by atoms with Crippen molar-refractivity contribution in [1.29, 1.82) is 0 Å². The smallest absolute Gasteiger partial charge is 0.414 e. The van der Waals surface area contributed by atoms with E-state index in [0.717, 1.165) is 11.0 Å². The second kappa shape index (κ2) is 7.46. The van der Waals surface area contributed by atoms with Crippen LogP contribution < -0.4 is 5.32 Å². The number of anilines is 1. The van der Waals surface area contributed by atoms with Gasteiger partial charge in [-0.3, -0.25) is 5.32 Å². The van der Waals surface area contributed by atoms with Crippen molar-refractivity contribution >= 4 is 23.1 Å². The molecule has 0 atom stereocenters. The van der Waals surface area contributed by atoms with Crippen LogP contribution in [0.1, 0.15) is 0 Å². The molecule has 0 saturated heterocycles. The topological polar surface area (TPSA) is 85.5 Å². The van der Waals surface area contributed by atoms with E-state index in [1.165, 1.54) is 0 Å². The van der Waals surface area contributed by atoms with Gasteiger partial charge in [-0.25, -0.2) is 9.78 Å². The van der Waals surface area contributed by atoms with Crippen LogP contribution in [-0.4, -0.2) is 49.6 Å². The lowest BCUT2D eigenvalue weighted by atomic mass is 10.3. The molecule has 2 aromatic rings. The number of aromatic nitrogens is 2. The zero-order valence-corrected chi connectivity index (χ0v) is 11.2. The zero-order chi connectivity index (χ0) is 14.2. The number of benzene rings is 1. The van der Waals surface area contributed by atoms with Gasteiger partial charge in [0.05, 0.1) is 30.9 Å². The SMILES string of the molecule is COCCOCCOC(=O)Nc1nc2ccccc2[nH]1. The van der Waals surface area contributed by atoms with E-state index in [1.54, 1.807) is 7.11 Å². The maximum absolute atomic E-state index is 11.5. The van der Waals surface area contributed by atoms with Crippen LogP contribution in [0.3, 0.4) is 0 Å². The van der Waals surface area contributed by atoms with E-state index in [9.17, 15) is 4.79 Å². The second-order valence-corrected chi connectivity index (χ2v) is 3.97. The summed E-state index contributed by atoms with van der Waals surface area (Å²) in [6, 6.07) is 7.50. The zero-order valence-electron chi connectivity index (χ0n) is 11.2. The molecule has 2 N–H and O–H groups in total. The first-order valence-electron chi connectivity index (χ1n) is 6.25. The van der Waals surface area contributed by atoms with Crippen molar-refractivity contribution in [3.8, 4) is 0 Å². The van der Waals surface area contributed by atoms with Gasteiger partial charge in [0.15, 0.2) is 0 Å². The Labute approximate surface area is 116 Å². The van der Waals surface area contributed by atoms with Crippen LogP contribution in [0.4, 0.5) is 10.7 Å². The predicted octanol–water partition coefficient (Wildman–Crippen LogP) is 1.77. The highest BCUT2D eigenvalue weighted by Crippen LogP contribution is 2.13. The van der Waals surface area contributed by atoms with E-state index >= 15 is 0 Å². The molecule has 0 aliphatic rings. The van der Waals surface area contributed by atoms with Gasteiger partial charge < -0.3 is 19.2 Å². The van der Waals surface area contributed by atoms with Crippen molar-refractivity contribution in [2.75, 3.05) is 38.9 Å². The Morgan fingerprint density at radius 1 is 1.25 bits per heavy atom. The summed E-state index contributed by atoms with van der Waals surface area (Å²) in [5, 5.41) is 2.53. The molecule has 0 aliphatic carbocycles. The average molecular weight is 279 g/mol. The summed E-state index contributed by atoms with van der Waals surface area (Å²) < 4.78 is 14.9. The first-order valence-corrected chi connectivity index (χ1v) is 6.25. The summed E-state index contributed by atoms with van der Waals surface area (Å²) in [5.74, 6) is 0.358. The first kappa shape index (κ1) is 14.3. The Morgan fingerprint density at radius 2 is 2.05 bits per heavy atom. The second-order valence-electron chi connectivity index (χ2n) is 3.97. The molecule has 1 heterocycles. The molecular weight excluding hydrogens is 262 g/mol. The summed E-state index contributed by atoms with van der Waals surface area (Å²) in [6.07, 6.45) is -0.570. The number of H-pyrrole nitrogens is 1. The van der Waals surface area contributed by atoms with Gasteiger partial charge in [0, 0.05) is 7.11 Å². The molecule has 0 bridgehead atoms. The number of ether oxygens (including phenoxy) is 3. The van der Waals surface area contributed by atoms with E-state index in [4.69, 9.17) is 14.2 Å². The number of hydrogen-bond acceptors (Lipinski definition) is 5. The number of methoxy groups -OCH3 is 1. The molecule has 0 aliphatic heterocycles. The molecule has 108 valence electrons. The van der Waals surface area contributed by atoms with Gasteiger partial charge in [0.2, 0.25) is 5.95 Å². The Hall–Kier alpha value is -2.12. The standard InChI is InChI=1S/C13H17N3O4/c1-18-6-7-19-8-9-20-13(17)16-12-14-10-4-2-3-5-11(10)15-12/h2-5H,6-9H2,1H3,(H2,14,15,16,17). The van der Waals surface area contributed by atoms with Gasteiger partial charge in [-0.2, -0.15) is 0 Å². The lowest BCUT2D eigenvalue weighted by Gasteiger charge is -2.05. The van der Waals surface area contributed by atoms with Gasteiger partial charge in [-0.1, -0.05) is 12.1 Å². The molecule has 0 fully saturated rings. The number of rotatable bonds is 7. The number of hydrogen-bond donors (Lipinski definition) is 2. The van der Waals surface area contributed by atoms with E-state index in [0.29, 0.717) is 25.8 Å². The van der Waals surface area contributed by atoms with E-state index in [1.807, 2.05) is 24.3 Å². The van der Waals surface area contributed by atoms with E-state index in [-0.39, 0.29) is 6.61 Å². The Kier molecular flexibility index (Phi) is 5.33. The first-order chi connectivity index (χ1) is 9.79. The highest BCUT2D eigenvalue weighted by atomic mass is 16.6. The minimum absolute atomic E-state index is 0.176. The molecule has 1 aromatic heterocycles. The third-order valence-electron chi connectivity index (χ3n) is 2.50. The maximum atomic E-state index is 11.5. The number of nitrogens with zero attached hydrogens (tertiary/aromatic N) is 1. The van der Waals surface area contributed by atoms with E-state index in [2.05, 4.69) is 15.3 Å². The molecule has 1 amide bonds. The lowest BCUT2D eigenvalue weighted by molar-refractivity contribution is 0.0447. The predicted molar refractivity (Wildman–Crippen MR) is 73.8 cm³/mol. The largest absolute Gasteiger partial charge is 0.447 e. The van der Waals surface area contributed by atoms with Gasteiger partial charge >= 0.3 is 6.09 Å². The Balaban J connectivity index is 1.71. The fourth-order valence-electron chi connectivity index (χ4n) is 1.58. The van der Waals surface area contributed by atoms with Crippen molar-refractivity contribution in [2.45, 2.75) is 0 Å². The summed E-state index contributed by atoms with van der Waals surface area (Å²) in [4.78, 5) is 18.7. The quantitative estimate of drug-likeness (QED) is 0.754. The number of fused-ring (bicyclic) bond motifs is 1. The van der Waals surface area contributed by atoms with Crippen LogP contribution in [0.2, 0.25) is 0 Å². The van der Waals surface area contributed by atoms with Gasteiger partial charge in [-0.15, -0.1) is 0 Å². The van der Waals surface area contributed by atoms with Gasteiger partial charge in [0.25, 0.3) is 0 Å². The molecule has 2 rings (SSSR count). The van der Waals surface area contributed by atoms with Crippen molar-refractivity contribution in [2.24, 2.45) is 0 Å². The summed E-state index contributed by atoms with van der Waals surface area (Å²) in [5.41, 5.74) is 1.64. The average Bonchev–Trinajstić information content (AvgIpc) is 2.84. The normalized spacial score (nSPS) is 10.7. The van der Waals surface area contributed by atoms with Crippen LogP contribution in [-0.2, 0) is 14.2 Å². The number of aromatic amines is 1. The van der Waals surface area contributed by atoms with Crippen molar-refractivity contribution < 1.29 is 19.0 Å². The van der Waals surface area contributed by atoms with Crippen molar-refractivity contribution in [3.63, 3.8) is 0 Å². The van der Waals surface area contributed by atoms with Crippen LogP contribution in [0.25, 0.3) is 11.0 Å². The fraction of sp³-hybridized carbons (Fsp3) is 0.385. The molecule has 0 radical (unpaired) electrons. The minimum atomic E-state index is -0.570. The summed E-state index contributed by atoms with van der Waals surface area (Å²) in [7, 11) is 1.60. The number of imidazole rings is 1. The summed E-state index contributed by atoms with van der Waals surface area (Å²) in [6.45, 7) is 1.50. The molecule has 1 aromatic carbocycles. The lowest BCUT2D eigenvalue weighted by Crippen LogP contribution is -2.18. The number of amides is 1. The fourth-order valence-corrected chi connectivity index (χ4v) is 1.58.